The van der Waals surface area contributed by atoms with Crippen LogP contribution in [0.4, 0.5) is 0 Å². The number of carboxylic acids is 1. The van der Waals surface area contributed by atoms with Crippen LogP contribution in [0.2, 0.25) is 5.15 Å². The van der Waals surface area contributed by atoms with E-state index < -0.39 is 5.97 Å². The van der Waals surface area contributed by atoms with Crippen LogP contribution in [0.1, 0.15) is 29.4 Å². The first kappa shape index (κ1) is 14.4. The fourth-order valence-electron chi connectivity index (χ4n) is 1.62. The van der Waals surface area contributed by atoms with Crippen LogP contribution in [-0.2, 0) is 4.79 Å². The van der Waals surface area contributed by atoms with Gasteiger partial charge in [-0.1, -0.05) is 18.5 Å². The zero-order valence-corrected chi connectivity index (χ0v) is 11.1. The van der Waals surface area contributed by atoms with Crippen LogP contribution >= 0.6 is 11.6 Å². The SMILES string of the molecule is CCCN(CC(=O)O)C(=O)c1cc(C)nc(Cl)c1. The summed E-state index contributed by atoms with van der Waals surface area (Å²) < 4.78 is 0. The van der Waals surface area contributed by atoms with Crippen LogP contribution in [0.5, 0.6) is 0 Å². The predicted octanol–water partition coefficient (Wildman–Crippen LogP) is 1.98. The maximum absolute atomic E-state index is 12.2. The van der Waals surface area contributed by atoms with Gasteiger partial charge in [0.15, 0.2) is 0 Å². The number of aromatic nitrogens is 1. The van der Waals surface area contributed by atoms with Crippen LogP contribution in [-0.4, -0.2) is 40.0 Å². The molecule has 1 N–H and O–H groups in total. The van der Waals surface area contributed by atoms with E-state index in [1.165, 1.54) is 11.0 Å². The van der Waals surface area contributed by atoms with Gasteiger partial charge in [-0.25, -0.2) is 4.98 Å². The largest absolute Gasteiger partial charge is 0.480 e. The number of carboxylic acid groups (broad SMARTS) is 1. The van der Waals surface area contributed by atoms with Gasteiger partial charge in [0.05, 0.1) is 0 Å². The molecular weight excluding hydrogens is 256 g/mol. The van der Waals surface area contributed by atoms with Gasteiger partial charge in [-0.05, 0) is 25.5 Å². The van der Waals surface area contributed by atoms with Gasteiger partial charge in [0.25, 0.3) is 5.91 Å². The minimum atomic E-state index is -1.03. The number of hydrogen-bond acceptors (Lipinski definition) is 3. The summed E-state index contributed by atoms with van der Waals surface area (Å²) in [5.41, 5.74) is 0.986. The molecule has 0 atom stereocenters. The molecule has 6 heteroatoms. The molecule has 18 heavy (non-hydrogen) atoms. The highest BCUT2D eigenvalue weighted by molar-refractivity contribution is 6.29. The average Bonchev–Trinajstić information content (AvgIpc) is 2.25. The van der Waals surface area contributed by atoms with E-state index in [0.717, 1.165) is 0 Å². The summed E-state index contributed by atoms with van der Waals surface area (Å²) in [4.78, 5) is 28.1. The number of nitrogens with zero attached hydrogens (tertiary/aromatic N) is 2. The molecule has 0 aliphatic rings. The molecule has 1 amide bonds. The van der Waals surface area contributed by atoms with E-state index >= 15 is 0 Å². The number of amides is 1. The van der Waals surface area contributed by atoms with Crippen molar-refractivity contribution in [2.24, 2.45) is 0 Å². The Balaban J connectivity index is 2.97. The third-order valence-electron chi connectivity index (χ3n) is 2.28. The van der Waals surface area contributed by atoms with Gasteiger partial charge in [-0.15, -0.1) is 0 Å². The molecule has 1 aromatic heterocycles. The van der Waals surface area contributed by atoms with Gasteiger partial charge in [-0.2, -0.15) is 0 Å². The fraction of sp³-hybridized carbons (Fsp3) is 0.417. The summed E-state index contributed by atoms with van der Waals surface area (Å²) >= 11 is 5.78. The van der Waals surface area contributed by atoms with Gasteiger partial charge in [0.1, 0.15) is 11.7 Å². The van der Waals surface area contributed by atoms with E-state index in [1.54, 1.807) is 13.0 Å². The molecule has 0 saturated carbocycles. The summed E-state index contributed by atoms with van der Waals surface area (Å²) in [6.45, 7) is 3.69. The lowest BCUT2D eigenvalue weighted by Gasteiger charge is -2.20. The molecule has 1 aromatic rings. The molecule has 0 radical (unpaired) electrons. The first-order chi connectivity index (χ1) is 8.43. The molecule has 1 rings (SSSR count). The maximum atomic E-state index is 12.2. The molecule has 0 spiro atoms. The number of hydrogen-bond donors (Lipinski definition) is 1. The van der Waals surface area contributed by atoms with Crippen molar-refractivity contribution < 1.29 is 14.7 Å². The Morgan fingerprint density at radius 1 is 1.44 bits per heavy atom. The number of carbonyl (C=O) groups excluding carboxylic acids is 1. The maximum Gasteiger partial charge on any atom is 0.323 e. The second-order valence-corrected chi connectivity index (χ2v) is 4.33. The lowest BCUT2D eigenvalue weighted by atomic mass is 10.2. The third kappa shape index (κ3) is 4.00. The molecule has 0 saturated heterocycles. The molecule has 0 unspecified atom stereocenters. The topological polar surface area (TPSA) is 70.5 Å². The third-order valence-corrected chi connectivity index (χ3v) is 2.47. The first-order valence-electron chi connectivity index (χ1n) is 5.59. The Hall–Kier alpha value is -1.62. The summed E-state index contributed by atoms with van der Waals surface area (Å²) in [7, 11) is 0. The number of rotatable bonds is 5. The van der Waals surface area contributed by atoms with E-state index in [0.29, 0.717) is 24.2 Å². The van der Waals surface area contributed by atoms with Gasteiger partial charge in [0, 0.05) is 17.8 Å². The quantitative estimate of drug-likeness (QED) is 0.831. The smallest absolute Gasteiger partial charge is 0.323 e. The van der Waals surface area contributed by atoms with Crippen LogP contribution in [0.25, 0.3) is 0 Å². The minimum absolute atomic E-state index is 0.227. The Kier molecular flexibility index (Phi) is 5.09. The Bertz CT molecular complexity index is 442. The van der Waals surface area contributed by atoms with E-state index in [2.05, 4.69) is 4.98 Å². The number of aryl methyl sites for hydroxylation is 1. The average molecular weight is 271 g/mol. The second-order valence-electron chi connectivity index (χ2n) is 3.94. The molecule has 5 nitrogen and oxygen atoms in total. The Morgan fingerprint density at radius 3 is 2.61 bits per heavy atom. The lowest BCUT2D eigenvalue weighted by Crippen LogP contribution is -2.36. The number of carbonyl (C=O) groups is 2. The van der Waals surface area contributed by atoms with Gasteiger partial charge < -0.3 is 10.0 Å². The van der Waals surface area contributed by atoms with Gasteiger partial charge >= 0.3 is 5.97 Å². The molecule has 0 bridgehead atoms. The zero-order valence-electron chi connectivity index (χ0n) is 10.3. The monoisotopic (exact) mass is 270 g/mol. The number of halogens is 1. The van der Waals surface area contributed by atoms with Crippen LogP contribution in [0.15, 0.2) is 12.1 Å². The van der Waals surface area contributed by atoms with Crippen molar-refractivity contribution in [3.8, 4) is 0 Å². The Morgan fingerprint density at radius 2 is 2.11 bits per heavy atom. The van der Waals surface area contributed by atoms with E-state index in [9.17, 15) is 9.59 Å². The normalized spacial score (nSPS) is 10.2. The van der Waals surface area contributed by atoms with Crippen molar-refractivity contribution in [3.63, 3.8) is 0 Å². The zero-order chi connectivity index (χ0) is 13.7. The van der Waals surface area contributed by atoms with Crippen molar-refractivity contribution in [2.75, 3.05) is 13.1 Å². The molecule has 0 aliphatic carbocycles. The van der Waals surface area contributed by atoms with E-state index in [4.69, 9.17) is 16.7 Å². The molecule has 98 valence electrons. The molecular formula is C12H15ClN2O3. The molecule has 0 aromatic carbocycles. The van der Waals surface area contributed by atoms with Crippen LogP contribution in [0, 0.1) is 6.92 Å². The van der Waals surface area contributed by atoms with Crippen LogP contribution < -0.4 is 0 Å². The number of pyridine rings is 1. The predicted molar refractivity (Wildman–Crippen MR) is 67.8 cm³/mol. The molecule has 1 heterocycles. The minimum Gasteiger partial charge on any atom is -0.480 e. The summed E-state index contributed by atoms with van der Waals surface area (Å²) in [6, 6.07) is 3.04. The standard InChI is InChI=1S/C12H15ClN2O3/c1-3-4-15(7-11(16)17)12(18)9-5-8(2)14-10(13)6-9/h5-6H,3-4,7H2,1-2H3,(H,16,17). The van der Waals surface area contributed by atoms with E-state index in [-0.39, 0.29) is 17.6 Å². The summed E-state index contributed by atoms with van der Waals surface area (Å²) in [5.74, 6) is -1.37. The second kappa shape index (κ2) is 6.35. The molecule has 0 fully saturated rings. The highest BCUT2D eigenvalue weighted by atomic mass is 35.5. The number of aliphatic carboxylic acids is 1. The van der Waals surface area contributed by atoms with Crippen molar-refractivity contribution in [1.82, 2.24) is 9.88 Å². The first-order valence-corrected chi connectivity index (χ1v) is 5.97. The molecule has 0 aliphatic heterocycles. The van der Waals surface area contributed by atoms with Crippen LogP contribution in [0.3, 0.4) is 0 Å². The highest BCUT2D eigenvalue weighted by Crippen LogP contribution is 2.13. The van der Waals surface area contributed by atoms with Gasteiger partial charge in [-0.3, -0.25) is 9.59 Å². The van der Waals surface area contributed by atoms with E-state index in [1.807, 2.05) is 6.92 Å². The van der Waals surface area contributed by atoms with Crippen molar-refractivity contribution in [3.05, 3.63) is 28.5 Å². The van der Waals surface area contributed by atoms with Gasteiger partial charge in [0.2, 0.25) is 0 Å². The fourth-order valence-corrected chi connectivity index (χ4v) is 1.87. The van der Waals surface area contributed by atoms with Crippen molar-refractivity contribution in [2.45, 2.75) is 20.3 Å². The summed E-state index contributed by atoms with van der Waals surface area (Å²) in [6.07, 6.45) is 0.691. The van der Waals surface area contributed by atoms with Crippen molar-refractivity contribution >= 4 is 23.5 Å². The highest BCUT2D eigenvalue weighted by Gasteiger charge is 2.18. The van der Waals surface area contributed by atoms with Crippen molar-refractivity contribution in [1.29, 1.82) is 0 Å². The summed E-state index contributed by atoms with van der Waals surface area (Å²) in [5, 5.41) is 9.01. The lowest BCUT2D eigenvalue weighted by molar-refractivity contribution is -0.137. The Labute approximate surface area is 110 Å².